The molecular weight excluding hydrogens is 1260 g/mol. The molecule has 0 bridgehead atoms. The van der Waals surface area contributed by atoms with Crippen LogP contribution in [0, 0.1) is 0 Å². The van der Waals surface area contributed by atoms with E-state index >= 15 is 0 Å². The summed E-state index contributed by atoms with van der Waals surface area (Å²) in [4.78, 5) is 111. The molecule has 10 rings (SSSR count). The molecule has 0 amide bonds. The quantitative estimate of drug-likeness (QED) is 0.0281. The summed E-state index contributed by atoms with van der Waals surface area (Å²) in [6, 6.07) is 54.5. The fourth-order valence-corrected chi connectivity index (χ4v) is 10.7. The molecule has 2 N–H and O–H groups in total. The summed E-state index contributed by atoms with van der Waals surface area (Å²) in [5.41, 5.74) is 0.437. The molecule has 24 nitrogen and oxygen atoms in total. The maximum Gasteiger partial charge on any atom is 0.338 e. The minimum absolute atomic E-state index is 0.0139. The van der Waals surface area contributed by atoms with Crippen LogP contribution in [0.25, 0.3) is 0 Å². The van der Waals surface area contributed by atoms with Crippen LogP contribution in [0.3, 0.4) is 0 Å². The molecule has 506 valence electrons. The topological polar surface area (TPSA) is 306 Å². The molecule has 3 saturated heterocycles. The van der Waals surface area contributed by atoms with Gasteiger partial charge in [0.15, 0.2) is 55.5 Å². The lowest BCUT2D eigenvalue weighted by Crippen LogP contribution is -2.65. The van der Waals surface area contributed by atoms with E-state index < -0.39 is 154 Å². The highest BCUT2D eigenvalue weighted by atomic mass is 16.8. The highest BCUT2D eigenvalue weighted by Crippen LogP contribution is 2.36. The molecule has 3 heterocycles. The van der Waals surface area contributed by atoms with Gasteiger partial charge in [-0.05, 0) is 97.8 Å². The Kier molecular flexibility index (Phi) is 24.9. The minimum Gasteiger partial charge on any atom is -0.469 e. The Balaban J connectivity index is 0.983. The molecule has 0 aromatic heterocycles. The smallest absolute Gasteiger partial charge is 0.338 e. The Morgan fingerprint density at radius 2 is 0.742 bits per heavy atom. The van der Waals surface area contributed by atoms with Gasteiger partial charge in [0, 0.05) is 13.0 Å². The van der Waals surface area contributed by atoms with E-state index in [4.69, 9.17) is 66.3 Å². The molecule has 0 radical (unpaired) electrons. The summed E-state index contributed by atoms with van der Waals surface area (Å²) in [6.07, 6.45) is -23.9. The highest BCUT2D eigenvalue weighted by molar-refractivity contribution is 5.93. The lowest BCUT2D eigenvalue weighted by Gasteiger charge is -2.47. The van der Waals surface area contributed by atoms with Crippen LogP contribution >= 0.6 is 0 Å². The van der Waals surface area contributed by atoms with E-state index in [0.29, 0.717) is 12.8 Å². The van der Waals surface area contributed by atoms with E-state index in [1.807, 2.05) is 0 Å². The number of esters is 8. The highest BCUT2D eigenvalue weighted by Gasteiger charge is 2.56. The van der Waals surface area contributed by atoms with Gasteiger partial charge in [0.05, 0.1) is 59.3 Å². The summed E-state index contributed by atoms with van der Waals surface area (Å²) in [5, 5.41) is 24.8. The van der Waals surface area contributed by atoms with Crippen LogP contribution in [0.4, 0.5) is 0 Å². The summed E-state index contributed by atoms with van der Waals surface area (Å²) in [7, 11) is 1.27. The summed E-state index contributed by atoms with van der Waals surface area (Å²) in [5.74, 6) is -6.95. The molecule has 24 heteroatoms. The maximum absolute atomic E-state index is 14.4. The molecule has 0 unspecified atom stereocenters. The van der Waals surface area contributed by atoms with Crippen LogP contribution in [0.15, 0.2) is 212 Å². The van der Waals surface area contributed by atoms with E-state index in [1.165, 1.54) is 92.0 Å². The van der Waals surface area contributed by atoms with Crippen LogP contribution in [-0.4, -0.2) is 178 Å². The molecular formula is C73H70O24. The van der Waals surface area contributed by atoms with Crippen molar-refractivity contribution in [2.45, 2.75) is 112 Å². The first-order valence-electron chi connectivity index (χ1n) is 31.3. The Hall–Kier alpha value is -10.0. The normalized spacial score (nSPS) is 24.4. The molecule has 0 aliphatic carbocycles. The average molecular weight is 1330 g/mol. The first kappa shape index (κ1) is 69.8. The van der Waals surface area contributed by atoms with Crippen molar-refractivity contribution >= 4 is 47.8 Å². The number of hydrogen-bond donors (Lipinski definition) is 2. The van der Waals surface area contributed by atoms with Gasteiger partial charge in [-0.1, -0.05) is 134 Å². The van der Waals surface area contributed by atoms with Crippen LogP contribution in [0.2, 0.25) is 0 Å². The van der Waals surface area contributed by atoms with Gasteiger partial charge in [-0.3, -0.25) is 4.79 Å². The molecule has 3 aliphatic rings. The summed E-state index contributed by atoms with van der Waals surface area (Å²) < 4.78 is 86.0. The Morgan fingerprint density at radius 1 is 0.371 bits per heavy atom. The number of rotatable bonds is 27. The second-order valence-corrected chi connectivity index (χ2v) is 22.4. The second kappa shape index (κ2) is 34.6. The number of ether oxygens (including phenoxy) is 14. The fourth-order valence-electron chi connectivity index (χ4n) is 10.7. The maximum atomic E-state index is 14.4. The Morgan fingerprint density at radius 3 is 1.19 bits per heavy atom. The van der Waals surface area contributed by atoms with Crippen molar-refractivity contribution in [3.63, 3.8) is 0 Å². The van der Waals surface area contributed by atoms with Gasteiger partial charge in [-0.25, -0.2) is 33.6 Å². The van der Waals surface area contributed by atoms with Gasteiger partial charge in [0.1, 0.15) is 37.1 Å². The molecule has 7 aromatic carbocycles. The van der Waals surface area contributed by atoms with Crippen molar-refractivity contribution in [2.24, 2.45) is 0 Å². The molecule has 3 fully saturated rings. The number of hydrogen-bond acceptors (Lipinski definition) is 24. The zero-order valence-corrected chi connectivity index (χ0v) is 52.3. The summed E-state index contributed by atoms with van der Waals surface area (Å²) in [6.45, 7) is -2.20. The van der Waals surface area contributed by atoms with E-state index in [-0.39, 0.29) is 58.4 Å². The van der Waals surface area contributed by atoms with Gasteiger partial charge in [-0.15, -0.1) is 0 Å². The molecule has 97 heavy (non-hydrogen) atoms. The molecule has 7 aromatic rings. The van der Waals surface area contributed by atoms with Gasteiger partial charge in [0.2, 0.25) is 0 Å². The van der Waals surface area contributed by atoms with Crippen molar-refractivity contribution in [3.8, 4) is 0 Å². The standard InChI is InChI=1S/C73H70O24/c1-84-55(74)40-24-9-25-41-85-71-60(97-73-62(95-69(82)50-36-20-7-21-37-50)59(93-67(80)48-32-16-5-17-33-48)53(44-88-73)89-65(78)46-28-12-3-13-29-46)57(76)56(75)52(90-71)42-87-72-63(96-70(83)51-38-22-8-23-39-51)61(94-68(81)49-34-18-6-19-35-49)58(92-66(79)47-30-14-4-15-31-47)54(91-72)43-86-64(77)45-26-10-2-11-27-45/h2-8,10-23,26-39,52-54,56-63,71-73,75-76H,9,24-25,40-44H2,1H3/t52-,53-,54-,56-,57+,58-,59+,60+,61+,62-,63+,71-,72+,73+/m1/s1. The average Bonchev–Trinajstić information content (AvgIpc) is 0.827. The Labute approximate surface area is 557 Å². The monoisotopic (exact) mass is 1330 g/mol. The zero-order chi connectivity index (χ0) is 68.0. The number of methoxy groups -OCH3 is 1. The Bertz CT molecular complexity index is 3700. The number of carbonyl (C=O) groups excluding carboxylic acids is 8. The van der Waals surface area contributed by atoms with E-state index in [1.54, 1.807) is 127 Å². The van der Waals surface area contributed by atoms with Crippen molar-refractivity contribution < 1.29 is 115 Å². The predicted molar refractivity (Wildman–Crippen MR) is 337 cm³/mol. The van der Waals surface area contributed by atoms with Crippen LogP contribution < -0.4 is 0 Å². The van der Waals surface area contributed by atoms with E-state index in [9.17, 15) is 48.6 Å². The van der Waals surface area contributed by atoms with Crippen LogP contribution in [-0.2, 0) is 71.1 Å². The number of aliphatic hydroxyl groups is 2. The van der Waals surface area contributed by atoms with Crippen molar-refractivity contribution in [1.29, 1.82) is 0 Å². The third kappa shape index (κ3) is 18.7. The van der Waals surface area contributed by atoms with Gasteiger partial charge >= 0.3 is 47.8 Å². The number of unbranched alkanes of at least 4 members (excludes halogenated alkanes) is 2. The number of carbonyl (C=O) groups is 8. The number of aliphatic hydroxyl groups excluding tert-OH is 2. The fraction of sp³-hybridized carbons (Fsp3) is 0.315. The van der Waals surface area contributed by atoms with Crippen LogP contribution in [0.1, 0.15) is 98.2 Å². The second-order valence-electron chi connectivity index (χ2n) is 22.4. The van der Waals surface area contributed by atoms with Crippen molar-refractivity contribution in [1.82, 2.24) is 0 Å². The predicted octanol–water partition coefficient (Wildman–Crippen LogP) is 7.88. The third-order valence-electron chi connectivity index (χ3n) is 15.8. The lowest BCUT2D eigenvalue weighted by molar-refractivity contribution is -0.362. The molecule has 0 spiro atoms. The third-order valence-corrected chi connectivity index (χ3v) is 15.8. The molecule has 14 atom stereocenters. The lowest BCUT2D eigenvalue weighted by atomic mass is 9.97. The SMILES string of the molecule is COC(=O)CCCCCO[C@@H]1O[C@H](CO[C@H]2O[C@H](COC(=O)c3ccccc3)[C@@H](OC(=O)c3ccccc3)[C@H](OC(=O)c3ccccc3)[C@@H]2OC(=O)c2ccccc2)[C@@H](O)[C@H](O)[C@@H]1O[C@@H]1OC[C@@H](OC(=O)c2ccccc2)[C@H](OC(=O)c2ccccc2)[C@H]1OC(=O)c1ccccc1. The van der Waals surface area contributed by atoms with E-state index in [0.717, 1.165) is 0 Å². The van der Waals surface area contributed by atoms with Crippen molar-refractivity contribution in [3.05, 3.63) is 251 Å². The van der Waals surface area contributed by atoms with Crippen molar-refractivity contribution in [2.75, 3.05) is 33.5 Å². The van der Waals surface area contributed by atoms with Gasteiger partial charge < -0.3 is 76.5 Å². The first-order valence-corrected chi connectivity index (χ1v) is 31.3. The van der Waals surface area contributed by atoms with Crippen LogP contribution in [0.5, 0.6) is 0 Å². The molecule has 0 saturated carbocycles. The minimum atomic E-state index is -2.05. The van der Waals surface area contributed by atoms with E-state index in [2.05, 4.69) is 0 Å². The first-order chi connectivity index (χ1) is 47.2. The van der Waals surface area contributed by atoms with Gasteiger partial charge in [0.25, 0.3) is 0 Å². The zero-order valence-electron chi connectivity index (χ0n) is 52.3. The molecule has 3 aliphatic heterocycles. The largest absolute Gasteiger partial charge is 0.469 e. The number of benzene rings is 7. The summed E-state index contributed by atoms with van der Waals surface area (Å²) >= 11 is 0. The van der Waals surface area contributed by atoms with Gasteiger partial charge in [-0.2, -0.15) is 0 Å².